The number of amides is 3. The zero-order chi connectivity index (χ0) is 38.1. The van der Waals surface area contributed by atoms with Crippen LogP contribution < -0.4 is 5.32 Å². The number of hydrogen-bond acceptors (Lipinski definition) is 11. The highest BCUT2D eigenvalue weighted by atomic mass is 32.2. The molecule has 0 radical (unpaired) electrons. The number of esters is 1. The Hall–Kier alpha value is -3.95. The highest BCUT2D eigenvalue weighted by molar-refractivity contribution is 8.00. The summed E-state index contributed by atoms with van der Waals surface area (Å²) in [6, 6.07) is 9.69. The summed E-state index contributed by atoms with van der Waals surface area (Å²) in [7, 11) is -4.31. The van der Waals surface area contributed by atoms with Gasteiger partial charge in [0.15, 0.2) is 18.0 Å². The standard InChI is InChI=1S/C37H50N4O9S2/c1-7-10-16-28-35(44)41(36(45)50-28)32(34(43)39-27-23-25(37(4,5)6)18-19-29(27)51-24-31(42)49-9-3)33-38-26-15-12-13-17-30(26)52(46,47)40(33)20-14-22-48-21-11-8-2/h12-13,15,17-19,23,28,32H,7-11,14,16,20-22,24H2,1-6H3,(H,39,43). The fourth-order valence-electron chi connectivity index (χ4n) is 5.67. The lowest BCUT2D eigenvalue weighted by Gasteiger charge is -2.35. The lowest BCUT2D eigenvalue weighted by Crippen LogP contribution is -2.58. The second-order valence-corrected chi connectivity index (χ2v) is 16.4. The highest BCUT2D eigenvalue weighted by Crippen LogP contribution is 2.37. The Balaban J connectivity index is 1.83. The molecule has 284 valence electrons. The molecule has 3 amide bonds. The Bertz CT molecular complexity index is 1760. The van der Waals surface area contributed by atoms with Crippen LogP contribution in [0.2, 0.25) is 0 Å². The minimum atomic E-state index is -4.31. The van der Waals surface area contributed by atoms with Crippen LogP contribution in [0.3, 0.4) is 0 Å². The van der Waals surface area contributed by atoms with Crippen molar-refractivity contribution in [2.45, 2.75) is 107 Å². The van der Waals surface area contributed by atoms with Gasteiger partial charge in [0.1, 0.15) is 4.90 Å². The third-order valence-electron chi connectivity index (χ3n) is 8.49. The Morgan fingerprint density at radius 2 is 1.73 bits per heavy atom. The molecule has 52 heavy (non-hydrogen) atoms. The van der Waals surface area contributed by atoms with Crippen LogP contribution in [0.1, 0.15) is 85.6 Å². The number of sulfonamides is 1. The topological polar surface area (TPSA) is 161 Å². The zero-order valence-electron chi connectivity index (χ0n) is 30.8. The lowest BCUT2D eigenvalue weighted by molar-refractivity contribution is -0.139. The number of ether oxygens (including phenoxy) is 3. The van der Waals surface area contributed by atoms with E-state index in [2.05, 4.69) is 10.3 Å². The van der Waals surface area contributed by atoms with Crippen molar-refractivity contribution in [2.24, 2.45) is 4.99 Å². The molecular formula is C37H50N4O9S2. The summed E-state index contributed by atoms with van der Waals surface area (Å²) in [4.78, 5) is 60.3. The van der Waals surface area contributed by atoms with E-state index in [-0.39, 0.29) is 60.2 Å². The number of imide groups is 1. The van der Waals surface area contributed by atoms with Gasteiger partial charge in [0.2, 0.25) is 0 Å². The van der Waals surface area contributed by atoms with E-state index in [9.17, 15) is 27.6 Å². The number of aliphatic imine (C=N–C) groups is 1. The molecule has 2 heterocycles. The van der Waals surface area contributed by atoms with E-state index in [4.69, 9.17) is 14.2 Å². The number of anilines is 1. The van der Waals surface area contributed by atoms with Gasteiger partial charge in [-0.2, -0.15) is 0 Å². The molecule has 0 spiro atoms. The minimum Gasteiger partial charge on any atom is -0.465 e. The van der Waals surface area contributed by atoms with E-state index in [1.165, 1.54) is 12.1 Å². The molecule has 15 heteroatoms. The Kier molecular flexibility index (Phi) is 14.3. The number of cyclic esters (lactones) is 1. The number of amidine groups is 1. The number of thioether (sulfide) groups is 1. The van der Waals surface area contributed by atoms with Crippen molar-refractivity contribution in [1.29, 1.82) is 0 Å². The monoisotopic (exact) mass is 758 g/mol. The first-order valence-corrected chi connectivity index (χ1v) is 20.2. The first kappa shape index (κ1) is 40.8. The van der Waals surface area contributed by atoms with Crippen molar-refractivity contribution in [3.63, 3.8) is 0 Å². The SMILES string of the molecule is CCCCOCCCN1C(C(C(=O)Nc2cc(C(C)(C)C)ccc2SCC(=O)OCC)N2C(=O)OC(CCCC)C2=O)=Nc2ccccc2S1(=O)=O. The number of nitrogens with one attached hydrogen (secondary N) is 1. The zero-order valence-corrected chi connectivity index (χ0v) is 32.4. The Labute approximate surface area is 310 Å². The largest absolute Gasteiger partial charge is 0.465 e. The normalized spacial score (nSPS) is 17.3. The highest BCUT2D eigenvalue weighted by Gasteiger charge is 2.52. The first-order chi connectivity index (χ1) is 24.7. The maximum Gasteiger partial charge on any atom is 0.418 e. The van der Waals surface area contributed by atoms with Crippen molar-refractivity contribution in [3.8, 4) is 0 Å². The molecule has 1 fully saturated rings. The molecule has 2 aliphatic rings. The molecule has 0 saturated carbocycles. The van der Waals surface area contributed by atoms with Gasteiger partial charge in [0.05, 0.1) is 23.7 Å². The number of benzene rings is 2. The van der Waals surface area contributed by atoms with Gasteiger partial charge in [0.25, 0.3) is 21.8 Å². The van der Waals surface area contributed by atoms with Crippen molar-refractivity contribution >= 4 is 62.9 Å². The average Bonchev–Trinajstić information content (AvgIpc) is 3.37. The van der Waals surface area contributed by atoms with Gasteiger partial charge in [-0.25, -0.2) is 23.1 Å². The summed E-state index contributed by atoms with van der Waals surface area (Å²) < 4.78 is 45.8. The predicted molar refractivity (Wildman–Crippen MR) is 199 cm³/mol. The number of para-hydroxylation sites is 1. The maximum atomic E-state index is 14.7. The number of carbonyl (C=O) groups is 4. The van der Waals surface area contributed by atoms with Crippen LogP contribution in [0.4, 0.5) is 16.2 Å². The molecule has 0 bridgehead atoms. The smallest absolute Gasteiger partial charge is 0.418 e. The third kappa shape index (κ3) is 9.72. The number of rotatable bonds is 18. The summed E-state index contributed by atoms with van der Waals surface area (Å²) in [5, 5.41) is 2.87. The van der Waals surface area contributed by atoms with Crippen LogP contribution in [-0.2, 0) is 44.0 Å². The lowest BCUT2D eigenvalue weighted by atomic mass is 9.87. The van der Waals surface area contributed by atoms with Crippen LogP contribution in [0, 0.1) is 0 Å². The van der Waals surface area contributed by atoms with Crippen LogP contribution in [-0.4, -0.2) is 91.6 Å². The van der Waals surface area contributed by atoms with Crippen LogP contribution in [0.15, 0.2) is 57.2 Å². The van der Waals surface area contributed by atoms with E-state index in [0.29, 0.717) is 28.5 Å². The van der Waals surface area contributed by atoms with Crippen molar-refractivity contribution in [2.75, 3.05) is 37.4 Å². The molecule has 0 aromatic heterocycles. The van der Waals surface area contributed by atoms with Gasteiger partial charge in [-0.1, -0.05) is 65.7 Å². The first-order valence-electron chi connectivity index (χ1n) is 17.8. The molecule has 2 aromatic carbocycles. The number of hydrogen-bond donors (Lipinski definition) is 1. The molecular weight excluding hydrogens is 709 g/mol. The maximum absolute atomic E-state index is 14.7. The Morgan fingerprint density at radius 1 is 1.02 bits per heavy atom. The molecule has 2 aliphatic heterocycles. The van der Waals surface area contributed by atoms with Gasteiger partial charge in [-0.15, -0.1) is 11.8 Å². The molecule has 4 rings (SSSR count). The third-order valence-corrected chi connectivity index (χ3v) is 11.4. The summed E-state index contributed by atoms with van der Waals surface area (Å²) in [5.41, 5.74) is 0.877. The number of carbonyl (C=O) groups excluding carboxylic acids is 4. The van der Waals surface area contributed by atoms with E-state index < -0.39 is 46.0 Å². The fraction of sp³-hybridized carbons (Fsp3) is 0.541. The second kappa shape index (κ2) is 18.2. The second-order valence-electron chi connectivity index (χ2n) is 13.5. The Morgan fingerprint density at radius 3 is 2.42 bits per heavy atom. The van der Waals surface area contributed by atoms with Gasteiger partial charge in [-0.05, 0) is 67.9 Å². The number of nitrogens with zero attached hydrogens (tertiary/aromatic N) is 3. The molecule has 13 nitrogen and oxygen atoms in total. The molecule has 2 aromatic rings. The van der Waals surface area contributed by atoms with Crippen LogP contribution in [0.5, 0.6) is 0 Å². The molecule has 2 unspecified atom stereocenters. The van der Waals surface area contributed by atoms with Crippen molar-refractivity contribution in [1.82, 2.24) is 9.21 Å². The summed E-state index contributed by atoms with van der Waals surface area (Å²) in [5.74, 6) is -2.45. The van der Waals surface area contributed by atoms with Crippen molar-refractivity contribution in [3.05, 3.63) is 48.0 Å². The number of fused-ring (bicyclic) bond motifs is 1. The van der Waals surface area contributed by atoms with Gasteiger partial charge in [0, 0.05) is 24.7 Å². The molecule has 1 saturated heterocycles. The van der Waals surface area contributed by atoms with Gasteiger partial charge >= 0.3 is 12.1 Å². The van der Waals surface area contributed by atoms with E-state index in [1.54, 1.807) is 31.2 Å². The summed E-state index contributed by atoms with van der Waals surface area (Å²) in [6.07, 6.45) is 1.37. The number of unbranched alkanes of at least 4 members (excludes halogenated alkanes) is 2. The van der Waals surface area contributed by atoms with Gasteiger partial charge in [-0.3, -0.25) is 18.7 Å². The summed E-state index contributed by atoms with van der Waals surface area (Å²) >= 11 is 1.14. The van der Waals surface area contributed by atoms with E-state index >= 15 is 0 Å². The summed E-state index contributed by atoms with van der Waals surface area (Å²) in [6.45, 7) is 12.5. The molecule has 0 aliphatic carbocycles. The molecule has 2 atom stereocenters. The van der Waals surface area contributed by atoms with E-state index in [1.807, 2.05) is 40.7 Å². The minimum absolute atomic E-state index is 0.0408. The van der Waals surface area contributed by atoms with Crippen LogP contribution >= 0.6 is 11.8 Å². The van der Waals surface area contributed by atoms with Gasteiger partial charge < -0.3 is 19.5 Å². The van der Waals surface area contributed by atoms with Crippen molar-refractivity contribution < 1.29 is 41.8 Å². The predicted octanol–water partition coefficient (Wildman–Crippen LogP) is 6.43. The van der Waals surface area contributed by atoms with Crippen LogP contribution in [0.25, 0.3) is 0 Å². The quantitative estimate of drug-likeness (QED) is 0.102. The fourth-order valence-corrected chi connectivity index (χ4v) is 8.08. The average molecular weight is 759 g/mol. The molecule has 1 N–H and O–H groups in total. The van der Waals surface area contributed by atoms with E-state index in [0.717, 1.165) is 40.9 Å².